The predicted octanol–water partition coefficient (Wildman–Crippen LogP) is 11.3. The fourth-order valence-electron chi connectivity index (χ4n) is 6.53. The topological polar surface area (TPSA) is 30.7 Å². The van der Waals surface area contributed by atoms with Crippen LogP contribution < -0.4 is 0 Å². The second-order valence-electron chi connectivity index (χ2n) is 11.7. The maximum absolute atomic E-state index is 5.20. The second-order valence-corrected chi connectivity index (χ2v) is 11.7. The lowest BCUT2D eigenvalue weighted by Crippen LogP contribution is -2.02. The molecule has 0 fully saturated rings. The molecule has 224 valence electrons. The standard InChI is InChI=1S/C44H33N3/c1-2-44-46-39-25-12-14-27-43(39)47(44)42-26-13-11-24-38(42)37-23-10-9-22-36(37)33-20-15-21-34(28-33)41-30-35(31-16-5-3-6-17-31)29-40(45-41)32-18-7-4-8-19-32/h3-30H,2H2,1H3. The van der Waals surface area contributed by atoms with Crippen LogP contribution in [0.15, 0.2) is 170 Å². The van der Waals surface area contributed by atoms with Crippen molar-refractivity contribution in [2.75, 3.05) is 0 Å². The number of benzene rings is 6. The molecular weight excluding hydrogens is 571 g/mol. The van der Waals surface area contributed by atoms with Crippen LogP contribution in [0.4, 0.5) is 0 Å². The lowest BCUT2D eigenvalue weighted by Gasteiger charge is -2.17. The van der Waals surface area contributed by atoms with Crippen LogP contribution in [0.1, 0.15) is 12.7 Å². The molecule has 0 N–H and O–H groups in total. The third-order valence-electron chi connectivity index (χ3n) is 8.78. The van der Waals surface area contributed by atoms with Gasteiger partial charge in [0, 0.05) is 23.1 Å². The van der Waals surface area contributed by atoms with E-state index in [1.54, 1.807) is 0 Å². The maximum atomic E-state index is 5.20. The van der Waals surface area contributed by atoms with Crippen LogP contribution in [0.5, 0.6) is 0 Å². The number of pyridine rings is 1. The van der Waals surface area contributed by atoms with Gasteiger partial charge in [0.05, 0.1) is 28.1 Å². The quantitative estimate of drug-likeness (QED) is 0.181. The third-order valence-corrected chi connectivity index (χ3v) is 8.78. The van der Waals surface area contributed by atoms with Crippen LogP contribution in [0, 0.1) is 0 Å². The number of imidazole rings is 1. The molecule has 0 radical (unpaired) electrons. The van der Waals surface area contributed by atoms with Crippen molar-refractivity contribution in [2.24, 2.45) is 0 Å². The largest absolute Gasteiger partial charge is 0.296 e. The minimum absolute atomic E-state index is 0.840. The van der Waals surface area contributed by atoms with Crippen molar-refractivity contribution in [3.63, 3.8) is 0 Å². The number of fused-ring (bicyclic) bond motifs is 1. The monoisotopic (exact) mass is 603 g/mol. The summed E-state index contributed by atoms with van der Waals surface area (Å²) in [5, 5.41) is 0. The van der Waals surface area contributed by atoms with Gasteiger partial charge in [0.25, 0.3) is 0 Å². The molecule has 0 saturated heterocycles. The van der Waals surface area contributed by atoms with E-state index >= 15 is 0 Å². The molecule has 0 atom stereocenters. The van der Waals surface area contributed by atoms with E-state index in [1.165, 1.54) is 22.3 Å². The summed E-state index contributed by atoms with van der Waals surface area (Å²) in [7, 11) is 0. The molecular formula is C44H33N3. The lowest BCUT2D eigenvalue weighted by atomic mass is 9.92. The van der Waals surface area contributed by atoms with Gasteiger partial charge in [-0.1, -0.05) is 140 Å². The Morgan fingerprint density at radius 1 is 0.426 bits per heavy atom. The van der Waals surface area contributed by atoms with Crippen LogP contribution in [-0.2, 0) is 6.42 Å². The number of rotatable bonds is 7. The van der Waals surface area contributed by atoms with E-state index in [9.17, 15) is 0 Å². The Labute approximate surface area is 275 Å². The van der Waals surface area contributed by atoms with Gasteiger partial charge in [0.15, 0.2) is 0 Å². The first-order valence-electron chi connectivity index (χ1n) is 16.2. The highest BCUT2D eigenvalue weighted by Gasteiger charge is 2.17. The minimum Gasteiger partial charge on any atom is -0.296 e. The van der Waals surface area contributed by atoms with Crippen molar-refractivity contribution in [3.8, 4) is 61.6 Å². The molecule has 6 aromatic carbocycles. The first-order chi connectivity index (χ1) is 23.3. The zero-order chi connectivity index (χ0) is 31.6. The SMILES string of the molecule is CCc1nc2ccccc2n1-c1ccccc1-c1ccccc1-c1cccc(-c2cc(-c3ccccc3)cc(-c3ccccc3)n2)c1. The molecule has 0 aliphatic heterocycles. The van der Waals surface area contributed by atoms with Crippen LogP contribution in [0.2, 0.25) is 0 Å². The van der Waals surface area contributed by atoms with Gasteiger partial charge in [-0.25, -0.2) is 9.97 Å². The van der Waals surface area contributed by atoms with Crippen molar-refractivity contribution in [3.05, 3.63) is 176 Å². The highest BCUT2D eigenvalue weighted by Crippen LogP contribution is 2.39. The highest BCUT2D eigenvalue weighted by atomic mass is 15.1. The molecule has 8 rings (SSSR count). The normalized spacial score (nSPS) is 11.2. The zero-order valence-corrected chi connectivity index (χ0v) is 26.2. The molecule has 8 aromatic rings. The maximum Gasteiger partial charge on any atom is 0.114 e. The lowest BCUT2D eigenvalue weighted by molar-refractivity contribution is 0.909. The summed E-state index contributed by atoms with van der Waals surface area (Å²) in [5.41, 5.74) is 14.3. The number of aromatic nitrogens is 3. The van der Waals surface area contributed by atoms with E-state index in [-0.39, 0.29) is 0 Å². The van der Waals surface area contributed by atoms with E-state index in [4.69, 9.17) is 9.97 Å². The van der Waals surface area contributed by atoms with Gasteiger partial charge in [-0.2, -0.15) is 0 Å². The van der Waals surface area contributed by atoms with Gasteiger partial charge in [0.1, 0.15) is 5.82 Å². The first kappa shape index (κ1) is 28.4. The average Bonchev–Trinajstić information content (AvgIpc) is 3.54. The molecule has 2 heterocycles. The Morgan fingerprint density at radius 3 is 1.77 bits per heavy atom. The summed E-state index contributed by atoms with van der Waals surface area (Å²) >= 11 is 0. The Kier molecular flexibility index (Phi) is 7.49. The fourth-order valence-corrected chi connectivity index (χ4v) is 6.53. The summed E-state index contributed by atoms with van der Waals surface area (Å²) in [6.07, 6.45) is 0.840. The molecule has 47 heavy (non-hydrogen) atoms. The second kappa shape index (κ2) is 12.4. The van der Waals surface area contributed by atoms with Gasteiger partial charge in [-0.3, -0.25) is 4.57 Å². The van der Waals surface area contributed by atoms with E-state index < -0.39 is 0 Å². The summed E-state index contributed by atoms with van der Waals surface area (Å²) in [5.74, 6) is 1.05. The third kappa shape index (κ3) is 5.43. The molecule has 0 aliphatic rings. The van der Waals surface area contributed by atoms with Crippen LogP contribution in [-0.4, -0.2) is 14.5 Å². The molecule has 0 amide bonds. The molecule has 2 aromatic heterocycles. The smallest absolute Gasteiger partial charge is 0.114 e. The molecule has 0 aliphatic carbocycles. The van der Waals surface area contributed by atoms with E-state index in [2.05, 4.69) is 175 Å². The first-order valence-corrected chi connectivity index (χ1v) is 16.2. The summed E-state index contributed by atoms with van der Waals surface area (Å²) < 4.78 is 2.32. The van der Waals surface area contributed by atoms with Crippen molar-refractivity contribution in [1.82, 2.24) is 14.5 Å². The Hall–Kier alpha value is -6.06. The van der Waals surface area contributed by atoms with Gasteiger partial charge in [-0.05, 0) is 64.2 Å². The Morgan fingerprint density at radius 2 is 1.00 bits per heavy atom. The van der Waals surface area contributed by atoms with Gasteiger partial charge >= 0.3 is 0 Å². The van der Waals surface area contributed by atoms with E-state index in [1.807, 2.05) is 6.07 Å². The number of nitrogens with zero attached hydrogens (tertiary/aromatic N) is 3. The van der Waals surface area contributed by atoms with Crippen molar-refractivity contribution in [2.45, 2.75) is 13.3 Å². The Balaban J connectivity index is 1.27. The van der Waals surface area contributed by atoms with Gasteiger partial charge in [0.2, 0.25) is 0 Å². The molecule has 0 unspecified atom stereocenters. The zero-order valence-electron chi connectivity index (χ0n) is 26.2. The number of aryl methyl sites for hydroxylation is 1. The molecule has 0 saturated carbocycles. The molecule has 0 spiro atoms. The van der Waals surface area contributed by atoms with Crippen molar-refractivity contribution in [1.29, 1.82) is 0 Å². The number of hydrogen-bond acceptors (Lipinski definition) is 2. The number of para-hydroxylation sites is 3. The van der Waals surface area contributed by atoms with Crippen LogP contribution >= 0.6 is 0 Å². The van der Waals surface area contributed by atoms with Gasteiger partial charge in [-0.15, -0.1) is 0 Å². The average molecular weight is 604 g/mol. The predicted molar refractivity (Wildman–Crippen MR) is 195 cm³/mol. The van der Waals surface area contributed by atoms with Crippen molar-refractivity contribution >= 4 is 11.0 Å². The van der Waals surface area contributed by atoms with Gasteiger partial charge < -0.3 is 0 Å². The van der Waals surface area contributed by atoms with Crippen LogP contribution in [0.3, 0.4) is 0 Å². The van der Waals surface area contributed by atoms with Crippen molar-refractivity contribution < 1.29 is 0 Å². The minimum atomic E-state index is 0.840. The molecule has 3 nitrogen and oxygen atoms in total. The Bertz CT molecular complexity index is 2280. The highest BCUT2D eigenvalue weighted by molar-refractivity contribution is 5.90. The van der Waals surface area contributed by atoms with E-state index in [0.717, 1.165) is 62.6 Å². The molecule has 0 bridgehead atoms. The number of hydrogen-bond donors (Lipinski definition) is 0. The van der Waals surface area contributed by atoms with E-state index in [0.29, 0.717) is 0 Å². The molecule has 3 heteroatoms. The summed E-state index contributed by atoms with van der Waals surface area (Å²) in [6.45, 7) is 2.17. The summed E-state index contributed by atoms with van der Waals surface area (Å²) in [4.78, 5) is 10.2. The summed E-state index contributed by atoms with van der Waals surface area (Å²) in [6, 6.07) is 59.9. The fraction of sp³-hybridized carbons (Fsp3) is 0.0455. The van der Waals surface area contributed by atoms with Crippen LogP contribution in [0.25, 0.3) is 72.6 Å².